The molecule has 2 heterocycles. The molecular weight excluding hydrogens is 459 g/mol. The lowest BCUT2D eigenvalue weighted by Gasteiger charge is -2.20. The Kier molecular flexibility index (Phi) is 6.13. The molecule has 1 N–H and O–H groups in total. The maximum Gasteiger partial charge on any atom is 0.0660 e. The molecule has 5 heteroatoms. The highest BCUT2D eigenvalue weighted by molar-refractivity contribution is 14.1. The molecule has 0 saturated carbocycles. The van der Waals surface area contributed by atoms with E-state index in [1.165, 1.54) is 38.8 Å². The van der Waals surface area contributed by atoms with Gasteiger partial charge in [0.2, 0.25) is 0 Å². The van der Waals surface area contributed by atoms with Crippen LogP contribution in [-0.2, 0) is 6.54 Å². The van der Waals surface area contributed by atoms with Gasteiger partial charge in [-0.1, -0.05) is 18.2 Å². The molecule has 1 fully saturated rings. The van der Waals surface area contributed by atoms with Crippen LogP contribution < -0.4 is 5.32 Å². The first-order valence-corrected chi connectivity index (χ1v) is 10.9. The average molecular weight is 486 g/mol. The molecule has 4 nitrogen and oxygen atoms in total. The summed E-state index contributed by atoms with van der Waals surface area (Å²) in [6, 6.07) is 16.0. The fraction of sp³-hybridized carbons (Fsp3) is 0.348. The van der Waals surface area contributed by atoms with E-state index in [1.807, 2.05) is 6.21 Å². The molecule has 28 heavy (non-hydrogen) atoms. The minimum Gasteiger partial charge on any atom is -0.361 e. The Labute approximate surface area is 181 Å². The zero-order valence-electron chi connectivity index (χ0n) is 16.5. The number of likely N-dealkylation sites (tertiary alicyclic amines) is 1. The Morgan fingerprint density at radius 3 is 2.79 bits per heavy atom. The Hall–Kier alpha value is -1.70. The van der Waals surface area contributed by atoms with Gasteiger partial charge in [0.25, 0.3) is 0 Å². The van der Waals surface area contributed by atoms with Gasteiger partial charge < -0.3 is 10.2 Å². The predicted octanol–water partition coefficient (Wildman–Crippen LogP) is 4.31. The standard InChI is InChI=1S/C23H27IN4/c1-27(2)22-9-10-28(16-22)15-17-3-7-21(8-4-17)26-14-19-13-25-12-18-5-6-20(24)11-23(18)19/h3-8,11-12,14,22,26H,9-10,13,15-16H2,1-2H3/b19-14+. The van der Waals surface area contributed by atoms with Crippen molar-refractivity contribution in [2.24, 2.45) is 4.99 Å². The zero-order chi connectivity index (χ0) is 19.5. The number of fused-ring (bicyclic) bond motifs is 1. The normalized spacial score (nSPS) is 20.7. The number of halogens is 1. The van der Waals surface area contributed by atoms with Gasteiger partial charge in [-0.2, -0.15) is 0 Å². The van der Waals surface area contributed by atoms with Crippen molar-refractivity contribution in [3.63, 3.8) is 0 Å². The number of anilines is 1. The lowest BCUT2D eigenvalue weighted by Crippen LogP contribution is -2.31. The van der Waals surface area contributed by atoms with E-state index in [9.17, 15) is 0 Å². The summed E-state index contributed by atoms with van der Waals surface area (Å²) in [6.45, 7) is 4.11. The van der Waals surface area contributed by atoms with Crippen molar-refractivity contribution >= 4 is 40.1 Å². The molecule has 0 aliphatic carbocycles. The molecule has 1 saturated heterocycles. The van der Waals surface area contributed by atoms with E-state index in [0.29, 0.717) is 6.04 Å². The molecule has 0 amide bonds. The molecule has 0 radical (unpaired) electrons. The first kappa shape index (κ1) is 19.6. The van der Waals surface area contributed by atoms with Crippen LogP contribution in [0.4, 0.5) is 5.69 Å². The molecule has 0 bridgehead atoms. The summed E-state index contributed by atoms with van der Waals surface area (Å²) in [4.78, 5) is 9.38. The van der Waals surface area contributed by atoms with E-state index in [0.717, 1.165) is 25.3 Å². The fourth-order valence-electron chi connectivity index (χ4n) is 3.88. The molecular formula is C23H27IN4. The van der Waals surface area contributed by atoms with Gasteiger partial charge in [0.05, 0.1) is 6.54 Å². The molecule has 1 unspecified atom stereocenters. The molecule has 2 aliphatic rings. The van der Waals surface area contributed by atoms with Crippen molar-refractivity contribution in [1.82, 2.24) is 9.80 Å². The number of aliphatic imine (C=N–C) groups is 1. The average Bonchev–Trinajstić information content (AvgIpc) is 3.16. The third-order valence-corrected chi connectivity index (χ3v) is 6.28. The van der Waals surface area contributed by atoms with Gasteiger partial charge in [-0.3, -0.25) is 9.89 Å². The van der Waals surface area contributed by atoms with Crippen LogP contribution in [0.1, 0.15) is 23.1 Å². The molecule has 2 aromatic rings. The third-order valence-electron chi connectivity index (χ3n) is 5.60. The van der Waals surface area contributed by atoms with Gasteiger partial charge in [0.1, 0.15) is 0 Å². The minimum absolute atomic E-state index is 0.691. The van der Waals surface area contributed by atoms with E-state index in [1.54, 1.807) is 0 Å². The number of nitrogens with one attached hydrogen (secondary N) is 1. The highest BCUT2D eigenvalue weighted by Crippen LogP contribution is 2.25. The molecule has 4 rings (SSSR count). The summed E-state index contributed by atoms with van der Waals surface area (Å²) in [6.07, 6.45) is 5.34. The van der Waals surface area contributed by atoms with Crippen LogP contribution in [0, 0.1) is 3.57 Å². The maximum absolute atomic E-state index is 4.49. The predicted molar refractivity (Wildman–Crippen MR) is 127 cm³/mol. The van der Waals surface area contributed by atoms with Crippen LogP contribution in [0.2, 0.25) is 0 Å². The quantitative estimate of drug-likeness (QED) is 0.640. The molecule has 2 aromatic carbocycles. The summed E-state index contributed by atoms with van der Waals surface area (Å²) in [7, 11) is 4.36. The van der Waals surface area contributed by atoms with E-state index >= 15 is 0 Å². The molecule has 1 atom stereocenters. The second-order valence-electron chi connectivity index (χ2n) is 7.85. The van der Waals surface area contributed by atoms with Crippen LogP contribution in [0.25, 0.3) is 5.57 Å². The molecule has 2 aliphatic heterocycles. The van der Waals surface area contributed by atoms with E-state index in [2.05, 4.69) is 105 Å². The number of hydrogen-bond acceptors (Lipinski definition) is 4. The first-order chi connectivity index (χ1) is 13.6. The largest absolute Gasteiger partial charge is 0.361 e. The van der Waals surface area contributed by atoms with E-state index in [4.69, 9.17) is 0 Å². The van der Waals surface area contributed by atoms with Crippen LogP contribution in [-0.4, -0.2) is 55.8 Å². The highest BCUT2D eigenvalue weighted by atomic mass is 127. The lowest BCUT2D eigenvalue weighted by molar-refractivity contribution is 0.264. The minimum atomic E-state index is 0.691. The van der Waals surface area contributed by atoms with Crippen molar-refractivity contribution in [2.75, 3.05) is 39.0 Å². The van der Waals surface area contributed by atoms with Gasteiger partial charge in [0.15, 0.2) is 0 Å². The monoisotopic (exact) mass is 486 g/mol. The Balaban J connectivity index is 1.39. The number of benzene rings is 2. The van der Waals surface area contributed by atoms with Crippen molar-refractivity contribution in [3.05, 3.63) is 68.9 Å². The molecule has 146 valence electrons. The molecule has 0 aromatic heterocycles. The summed E-state index contributed by atoms with van der Waals surface area (Å²) < 4.78 is 1.25. The van der Waals surface area contributed by atoms with E-state index in [-0.39, 0.29) is 0 Å². The number of likely N-dealkylation sites (N-methyl/N-ethyl adjacent to an activating group) is 1. The van der Waals surface area contributed by atoms with Crippen LogP contribution >= 0.6 is 22.6 Å². The van der Waals surface area contributed by atoms with Crippen molar-refractivity contribution in [2.45, 2.75) is 19.0 Å². The van der Waals surface area contributed by atoms with E-state index < -0.39 is 0 Å². The number of hydrogen-bond donors (Lipinski definition) is 1. The van der Waals surface area contributed by atoms with Crippen molar-refractivity contribution in [1.29, 1.82) is 0 Å². The van der Waals surface area contributed by atoms with Crippen LogP contribution in [0.5, 0.6) is 0 Å². The Morgan fingerprint density at radius 2 is 2.04 bits per heavy atom. The Bertz CT molecular complexity index is 886. The SMILES string of the molecule is CN(C)C1CCN(Cc2ccc(N/C=C3\CN=Cc4ccc(I)cc43)cc2)C1. The third kappa shape index (κ3) is 4.64. The lowest BCUT2D eigenvalue weighted by atomic mass is 9.99. The smallest absolute Gasteiger partial charge is 0.0660 e. The van der Waals surface area contributed by atoms with Gasteiger partial charge in [0, 0.05) is 47.3 Å². The maximum atomic E-state index is 4.49. The van der Waals surface area contributed by atoms with Gasteiger partial charge >= 0.3 is 0 Å². The Morgan fingerprint density at radius 1 is 1.21 bits per heavy atom. The first-order valence-electron chi connectivity index (χ1n) is 9.81. The number of rotatable bonds is 5. The fourth-order valence-corrected chi connectivity index (χ4v) is 4.37. The van der Waals surface area contributed by atoms with Gasteiger partial charge in [-0.05, 0) is 89.6 Å². The zero-order valence-corrected chi connectivity index (χ0v) is 18.7. The topological polar surface area (TPSA) is 30.9 Å². The highest BCUT2D eigenvalue weighted by Gasteiger charge is 2.23. The van der Waals surface area contributed by atoms with Crippen molar-refractivity contribution in [3.8, 4) is 0 Å². The summed E-state index contributed by atoms with van der Waals surface area (Å²) in [5.74, 6) is 0. The second kappa shape index (κ2) is 8.76. The second-order valence-corrected chi connectivity index (χ2v) is 9.10. The summed E-state index contributed by atoms with van der Waals surface area (Å²) in [5, 5.41) is 3.46. The summed E-state index contributed by atoms with van der Waals surface area (Å²) in [5.41, 5.74) is 6.18. The van der Waals surface area contributed by atoms with Gasteiger partial charge in [-0.15, -0.1) is 0 Å². The molecule has 0 spiro atoms. The van der Waals surface area contributed by atoms with Gasteiger partial charge in [-0.25, -0.2) is 0 Å². The summed E-state index contributed by atoms with van der Waals surface area (Å²) >= 11 is 2.37. The van der Waals surface area contributed by atoms with Crippen LogP contribution in [0.3, 0.4) is 0 Å². The number of nitrogens with zero attached hydrogens (tertiary/aromatic N) is 3. The van der Waals surface area contributed by atoms with Crippen molar-refractivity contribution < 1.29 is 0 Å². The van der Waals surface area contributed by atoms with Crippen LogP contribution in [0.15, 0.2) is 53.7 Å².